The molecule has 0 aliphatic heterocycles. The van der Waals surface area contributed by atoms with Crippen molar-refractivity contribution in [2.75, 3.05) is 7.11 Å². The molecule has 0 fully saturated rings. The first kappa shape index (κ1) is 9.37. The molecule has 0 aromatic rings. The van der Waals surface area contributed by atoms with Crippen molar-refractivity contribution >= 4 is 0 Å². The Hall–Kier alpha value is -0.720. The van der Waals surface area contributed by atoms with Gasteiger partial charge in [0.1, 0.15) is 5.76 Å². The molecule has 0 unspecified atom stereocenters. The molecular formula is C11H18O. The van der Waals surface area contributed by atoms with Gasteiger partial charge < -0.3 is 4.74 Å². The zero-order chi connectivity index (χ0) is 8.97. The molecule has 68 valence electrons. The van der Waals surface area contributed by atoms with E-state index in [9.17, 15) is 0 Å². The molecule has 0 saturated carbocycles. The number of hydrogen-bond donors (Lipinski definition) is 0. The van der Waals surface area contributed by atoms with Gasteiger partial charge in [0, 0.05) is 0 Å². The molecule has 1 heteroatoms. The molecule has 0 N–H and O–H groups in total. The largest absolute Gasteiger partial charge is 0.497 e. The van der Waals surface area contributed by atoms with Gasteiger partial charge in [-0.1, -0.05) is 19.9 Å². The van der Waals surface area contributed by atoms with Gasteiger partial charge >= 0.3 is 0 Å². The molecule has 0 aromatic carbocycles. The van der Waals surface area contributed by atoms with E-state index in [1.165, 1.54) is 12.0 Å². The van der Waals surface area contributed by atoms with Gasteiger partial charge in [0.25, 0.3) is 0 Å². The van der Waals surface area contributed by atoms with E-state index in [1.54, 1.807) is 7.11 Å². The second kappa shape index (κ2) is 4.34. The number of hydrogen-bond acceptors (Lipinski definition) is 1. The zero-order valence-corrected chi connectivity index (χ0v) is 8.26. The van der Waals surface area contributed by atoms with Gasteiger partial charge in [0.05, 0.1) is 7.11 Å². The van der Waals surface area contributed by atoms with Crippen LogP contribution in [0.5, 0.6) is 0 Å². The van der Waals surface area contributed by atoms with Crippen molar-refractivity contribution in [2.45, 2.75) is 33.1 Å². The Bertz CT molecular complexity index is 199. The summed E-state index contributed by atoms with van der Waals surface area (Å²) in [6, 6.07) is 0. The Kier molecular flexibility index (Phi) is 3.39. The van der Waals surface area contributed by atoms with Crippen molar-refractivity contribution in [2.24, 2.45) is 5.92 Å². The summed E-state index contributed by atoms with van der Waals surface area (Å²) in [5.74, 6) is 1.81. The molecule has 0 radical (unpaired) electrons. The third kappa shape index (κ3) is 2.40. The topological polar surface area (TPSA) is 9.23 Å². The van der Waals surface area contributed by atoms with Gasteiger partial charge in [-0.25, -0.2) is 0 Å². The Morgan fingerprint density at radius 3 is 2.58 bits per heavy atom. The minimum Gasteiger partial charge on any atom is -0.497 e. The van der Waals surface area contributed by atoms with Crippen LogP contribution in [0.25, 0.3) is 0 Å². The van der Waals surface area contributed by atoms with Crippen LogP contribution in [0.15, 0.2) is 23.5 Å². The third-order valence-corrected chi connectivity index (χ3v) is 2.05. The predicted molar refractivity (Wildman–Crippen MR) is 51.9 cm³/mol. The molecule has 0 heterocycles. The number of methoxy groups -OCH3 is 1. The second-order valence-corrected chi connectivity index (χ2v) is 3.68. The summed E-state index contributed by atoms with van der Waals surface area (Å²) < 4.78 is 5.30. The highest BCUT2D eigenvalue weighted by molar-refractivity contribution is 5.28. The summed E-state index contributed by atoms with van der Waals surface area (Å²) in [5.41, 5.74) is 1.39. The predicted octanol–water partition coefficient (Wildman–Crippen LogP) is 3.28. The molecule has 0 bridgehead atoms. The fraction of sp³-hybridized carbons (Fsp3) is 0.636. The number of ether oxygens (including phenoxy) is 1. The minimum absolute atomic E-state index is 0.716. The fourth-order valence-corrected chi connectivity index (χ4v) is 1.54. The molecule has 0 saturated heterocycles. The SMILES string of the molecule is COC1=CCCC=C1CC(C)C. The summed E-state index contributed by atoms with van der Waals surface area (Å²) in [4.78, 5) is 0. The minimum atomic E-state index is 0.716. The summed E-state index contributed by atoms with van der Waals surface area (Å²) in [7, 11) is 1.76. The van der Waals surface area contributed by atoms with Crippen molar-refractivity contribution in [1.29, 1.82) is 0 Å². The lowest BCUT2D eigenvalue weighted by Gasteiger charge is -2.16. The average Bonchev–Trinajstić information content (AvgIpc) is 2.04. The van der Waals surface area contributed by atoms with Gasteiger partial charge in [-0.2, -0.15) is 0 Å². The van der Waals surface area contributed by atoms with E-state index in [1.807, 2.05) is 0 Å². The first-order chi connectivity index (χ1) is 5.74. The number of allylic oxidation sites excluding steroid dienone is 3. The monoisotopic (exact) mass is 166 g/mol. The van der Waals surface area contributed by atoms with Gasteiger partial charge in [0.15, 0.2) is 0 Å². The molecule has 12 heavy (non-hydrogen) atoms. The van der Waals surface area contributed by atoms with Crippen LogP contribution in [-0.2, 0) is 4.74 Å². The van der Waals surface area contributed by atoms with Crippen LogP contribution in [-0.4, -0.2) is 7.11 Å². The molecule has 0 spiro atoms. The zero-order valence-electron chi connectivity index (χ0n) is 8.26. The first-order valence-electron chi connectivity index (χ1n) is 4.67. The van der Waals surface area contributed by atoms with Crippen LogP contribution in [0, 0.1) is 5.92 Å². The van der Waals surface area contributed by atoms with Gasteiger partial charge in [-0.05, 0) is 36.8 Å². The maximum atomic E-state index is 5.30. The molecular weight excluding hydrogens is 148 g/mol. The molecule has 1 rings (SSSR count). The van der Waals surface area contributed by atoms with E-state index in [-0.39, 0.29) is 0 Å². The normalized spacial score (nSPS) is 17.3. The van der Waals surface area contributed by atoms with Gasteiger partial charge in [-0.3, -0.25) is 0 Å². The van der Waals surface area contributed by atoms with Crippen LogP contribution in [0.3, 0.4) is 0 Å². The average molecular weight is 166 g/mol. The summed E-state index contributed by atoms with van der Waals surface area (Å²) in [6.45, 7) is 4.48. The van der Waals surface area contributed by atoms with Crippen LogP contribution in [0.1, 0.15) is 33.1 Å². The summed E-state index contributed by atoms with van der Waals surface area (Å²) in [6.07, 6.45) is 7.94. The Balaban J connectivity index is 2.61. The van der Waals surface area contributed by atoms with E-state index in [2.05, 4.69) is 26.0 Å². The van der Waals surface area contributed by atoms with E-state index in [0.717, 1.165) is 18.6 Å². The second-order valence-electron chi connectivity index (χ2n) is 3.68. The third-order valence-electron chi connectivity index (χ3n) is 2.05. The molecule has 0 aromatic heterocycles. The van der Waals surface area contributed by atoms with Crippen LogP contribution in [0.4, 0.5) is 0 Å². The van der Waals surface area contributed by atoms with E-state index in [0.29, 0.717) is 5.92 Å². The smallest absolute Gasteiger partial charge is 0.117 e. The Morgan fingerprint density at radius 2 is 2.00 bits per heavy atom. The van der Waals surface area contributed by atoms with E-state index in [4.69, 9.17) is 4.74 Å². The summed E-state index contributed by atoms with van der Waals surface area (Å²) >= 11 is 0. The summed E-state index contributed by atoms with van der Waals surface area (Å²) in [5, 5.41) is 0. The molecule has 1 aliphatic rings. The van der Waals surface area contributed by atoms with Crippen molar-refractivity contribution < 1.29 is 4.74 Å². The van der Waals surface area contributed by atoms with E-state index >= 15 is 0 Å². The van der Waals surface area contributed by atoms with Crippen molar-refractivity contribution in [1.82, 2.24) is 0 Å². The van der Waals surface area contributed by atoms with Crippen LogP contribution in [0.2, 0.25) is 0 Å². The van der Waals surface area contributed by atoms with Crippen molar-refractivity contribution in [3.63, 3.8) is 0 Å². The first-order valence-corrected chi connectivity index (χ1v) is 4.67. The standard InChI is InChI=1S/C11H18O/c1-9(2)8-10-6-4-5-7-11(10)12-3/h6-7,9H,4-5,8H2,1-3H3. The number of rotatable bonds is 3. The molecule has 1 nitrogen and oxygen atoms in total. The maximum absolute atomic E-state index is 5.30. The van der Waals surface area contributed by atoms with Gasteiger partial charge in [0.2, 0.25) is 0 Å². The Morgan fingerprint density at radius 1 is 1.33 bits per heavy atom. The van der Waals surface area contributed by atoms with E-state index < -0.39 is 0 Å². The molecule has 1 aliphatic carbocycles. The highest BCUT2D eigenvalue weighted by atomic mass is 16.5. The highest BCUT2D eigenvalue weighted by Crippen LogP contribution is 2.24. The lowest BCUT2D eigenvalue weighted by atomic mass is 9.96. The maximum Gasteiger partial charge on any atom is 0.117 e. The Labute approximate surface area is 75.1 Å². The fourth-order valence-electron chi connectivity index (χ4n) is 1.54. The lowest BCUT2D eigenvalue weighted by molar-refractivity contribution is 0.292. The van der Waals surface area contributed by atoms with Crippen molar-refractivity contribution in [3.8, 4) is 0 Å². The van der Waals surface area contributed by atoms with Crippen molar-refractivity contribution in [3.05, 3.63) is 23.5 Å². The van der Waals surface area contributed by atoms with Crippen LogP contribution < -0.4 is 0 Å². The highest BCUT2D eigenvalue weighted by Gasteiger charge is 2.09. The quantitative estimate of drug-likeness (QED) is 0.625. The molecule has 0 atom stereocenters. The molecule has 0 amide bonds. The van der Waals surface area contributed by atoms with Crippen LogP contribution >= 0.6 is 0 Å². The van der Waals surface area contributed by atoms with Gasteiger partial charge in [-0.15, -0.1) is 0 Å². The lowest BCUT2D eigenvalue weighted by Crippen LogP contribution is -2.00.